The molecule has 0 unspecified atom stereocenters. The zero-order valence-corrected chi connectivity index (χ0v) is 10.6. The lowest BCUT2D eigenvalue weighted by Crippen LogP contribution is -2.28. The molecule has 0 spiro atoms. The predicted octanol–water partition coefficient (Wildman–Crippen LogP) is 3.06. The summed E-state index contributed by atoms with van der Waals surface area (Å²) in [6, 6.07) is 8.64. The van der Waals surface area contributed by atoms with Crippen LogP contribution in [0.2, 0.25) is 0 Å². The van der Waals surface area contributed by atoms with Crippen LogP contribution in [-0.2, 0) is 4.74 Å². The second kappa shape index (κ2) is 5.92. The Morgan fingerprint density at radius 3 is 2.65 bits per heavy atom. The van der Waals surface area contributed by atoms with Crippen LogP contribution in [0.1, 0.15) is 26.7 Å². The lowest BCUT2D eigenvalue weighted by molar-refractivity contribution is 0.0903. The number of rotatable bonds is 4. The zero-order chi connectivity index (χ0) is 12.1. The Kier molecular flexibility index (Phi) is 4.26. The van der Waals surface area contributed by atoms with E-state index in [1.807, 2.05) is 32.0 Å². The van der Waals surface area contributed by atoms with Gasteiger partial charge in [-0.25, -0.2) is 0 Å². The molecule has 0 saturated carbocycles. The van der Waals surface area contributed by atoms with E-state index < -0.39 is 0 Å². The van der Waals surface area contributed by atoms with Crippen LogP contribution in [0.15, 0.2) is 24.3 Å². The summed E-state index contributed by atoms with van der Waals surface area (Å²) in [5, 5.41) is 3.55. The van der Waals surface area contributed by atoms with Gasteiger partial charge < -0.3 is 14.8 Å². The van der Waals surface area contributed by atoms with Crippen molar-refractivity contribution in [3.8, 4) is 5.75 Å². The van der Waals surface area contributed by atoms with Crippen LogP contribution >= 0.6 is 0 Å². The van der Waals surface area contributed by atoms with Crippen molar-refractivity contribution in [2.45, 2.75) is 38.8 Å². The average Bonchev–Trinajstić information content (AvgIpc) is 2.32. The number of hydrogen-bond acceptors (Lipinski definition) is 3. The first kappa shape index (κ1) is 12.2. The van der Waals surface area contributed by atoms with E-state index >= 15 is 0 Å². The highest BCUT2D eigenvalue weighted by Crippen LogP contribution is 2.27. The molecule has 3 heteroatoms. The van der Waals surface area contributed by atoms with E-state index in [0.29, 0.717) is 6.04 Å². The van der Waals surface area contributed by atoms with Crippen LogP contribution in [0.4, 0.5) is 5.69 Å². The predicted molar refractivity (Wildman–Crippen MR) is 69.7 cm³/mol. The van der Waals surface area contributed by atoms with Gasteiger partial charge in [0.05, 0.1) is 11.8 Å². The smallest absolute Gasteiger partial charge is 0.142 e. The quantitative estimate of drug-likeness (QED) is 0.870. The first-order valence-corrected chi connectivity index (χ1v) is 6.35. The summed E-state index contributed by atoms with van der Waals surface area (Å²) in [5.41, 5.74) is 1.09. The monoisotopic (exact) mass is 235 g/mol. The van der Waals surface area contributed by atoms with Crippen molar-refractivity contribution in [2.24, 2.45) is 0 Å². The molecular weight excluding hydrogens is 214 g/mol. The number of para-hydroxylation sites is 2. The molecule has 2 rings (SSSR count). The maximum Gasteiger partial charge on any atom is 0.142 e. The summed E-state index contributed by atoms with van der Waals surface area (Å²) >= 11 is 0. The molecule has 1 fully saturated rings. The highest BCUT2D eigenvalue weighted by molar-refractivity contribution is 5.56. The highest BCUT2D eigenvalue weighted by Gasteiger charge is 2.15. The third-order valence-electron chi connectivity index (χ3n) is 2.83. The van der Waals surface area contributed by atoms with Crippen molar-refractivity contribution in [1.82, 2.24) is 0 Å². The lowest BCUT2D eigenvalue weighted by atomic mass is 10.1. The third-order valence-corrected chi connectivity index (χ3v) is 2.83. The molecule has 0 radical (unpaired) electrons. The highest BCUT2D eigenvalue weighted by atomic mass is 16.5. The first-order chi connectivity index (χ1) is 8.25. The number of anilines is 1. The third kappa shape index (κ3) is 3.63. The molecule has 0 aromatic heterocycles. The van der Waals surface area contributed by atoms with Gasteiger partial charge in [0, 0.05) is 19.3 Å². The lowest BCUT2D eigenvalue weighted by Gasteiger charge is -2.25. The molecule has 1 aromatic rings. The fraction of sp³-hybridized carbons (Fsp3) is 0.571. The number of hydrogen-bond donors (Lipinski definition) is 1. The topological polar surface area (TPSA) is 30.5 Å². The van der Waals surface area contributed by atoms with Crippen molar-refractivity contribution in [3.63, 3.8) is 0 Å². The molecule has 1 N–H and O–H groups in total. The minimum absolute atomic E-state index is 0.202. The maximum absolute atomic E-state index is 5.79. The van der Waals surface area contributed by atoms with E-state index in [4.69, 9.17) is 9.47 Å². The van der Waals surface area contributed by atoms with Crippen LogP contribution < -0.4 is 10.1 Å². The van der Waals surface area contributed by atoms with Crippen molar-refractivity contribution in [3.05, 3.63) is 24.3 Å². The van der Waals surface area contributed by atoms with Crippen LogP contribution in [0.3, 0.4) is 0 Å². The van der Waals surface area contributed by atoms with Crippen molar-refractivity contribution in [1.29, 1.82) is 0 Å². The van der Waals surface area contributed by atoms with Crippen molar-refractivity contribution < 1.29 is 9.47 Å². The molecule has 94 valence electrons. The van der Waals surface area contributed by atoms with Crippen LogP contribution in [-0.4, -0.2) is 25.4 Å². The van der Waals surface area contributed by atoms with E-state index in [0.717, 1.165) is 37.5 Å². The Labute approximate surface area is 103 Å². The van der Waals surface area contributed by atoms with Crippen molar-refractivity contribution in [2.75, 3.05) is 18.5 Å². The molecule has 1 aliphatic heterocycles. The molecule has 0 bridgehead atoms. The van der Waals surface area contributed by atoms with Gasteiger partial charge >= 0.3 is 0 Å². The van der Waals surface area contributed by atoms with E-state index in [2.05, 4.69) is 11.4 Å². The summed E-state index contributed by atoms with van der Waals surface area (Å²) in [6.07, 6.45) is 2.33. The van der Waals surface area contributed by atoms with Gasteiger partial charge in [-0.15, -0.1) is 0 Å². The number of benzene rings is 1. The molecule has 3 nitrogen and oxygen atoms in total. The normalized spacial score (nSPS) is 17.1. The molecule has 0 aliphatic carbocycles. The molecule has 0 atom stereocenters. The average molecular weight is 235 g/mol. The number of ether oxygens (including phenoxy) is 2. The molecule has 1 aliphatic rings. The standard InChI is InChI=1S/C14H21NO2/c1-11(2)17-14-6-4-3-5-13(14)15-12-7-9-16-10-8-12/h3-6,11-12,15H,7-10H2,1-2H3. The van der Waals surface area contributed by atoms with Gasteiger partial charge in [0.1, 0.15) is 5.75 Å². The van der Waals surface area contributed by atoms with E-state index in [9.17, 15) is 0 Å². The SMILES string of the molecule is CC(C)Oc1ccccc1NC1CCOCC1. The molecule has 17 heavy (non-hydrogen) atoms. The van der Waals surface area contributed by atoms with E-state index in [1.54, 1.807) is 0 Å². The van der Waals surface area contributed by atoms with Crippen LogP contribution in [0.25, 0.3) is 0 Å². The van der Waals surface area contributed by atoms with Gasteiger partial charge in [-0.1, -0.05) is 12.1 Å². The Bertz CT molecular complexity index is 346. The van der Waals surface area contributed by atoms with E-state index in [1.165, 1.54) is 0 Å². The second-order valence-corrected chi connectivity index (χ2v) is 4.69. The first-order valence-electron chi connectivity index (χ1n) is 6.35. The maximum atomic E-state index is 5.79. The Morgan fingerprint density at radius 1 is 1.24 bits per heavy atom. The second-order valence-electron chi connectivity index (χ2n) is 4.69. The van der Waals surface area contributed by atoms with Crippen LogP contribution in [0, 0.1) is 0 Å². The minimum Gasteiger partial charge on any atom is -0.489 e. The van der Waals surface area contributed by atoms with Crippen molar-refractivity contribution >= 4 is 5.69 Å². The van der Waals surface area contributed by atoms with Gasteiger partial charge in [-0.05, 0) is 38.8 Å². The van der Waals surface area contributed by atoms with Gasteiger partial charge in [-0.3, -0.25) is 0 Å². The van der Waals surface area contributed by atoms with Gasteiger partial charge in [0.2, 0.25) is 0 Å². The summed E-state index contributed by atoms with van der Waals surface area (Å²) < 4.78 is 11.2. The molecule has 1 aromatic carbocycles. The van der Waals surface area contributed by atoms with Gasteiger partial charge in [0.25, 0.3) is 0 Å². The Balaban J connectivity index is 2.03. The largest absolute Gasteiger partial charge is 0.489 e. The fourth-order valence-corrected chi connectivity index (χ4v) is 2.00. The molecule has 0 amide bonds. The Hall–Kier alpha value is -1.22. The van der Waals surface area contributed by atoms with Crippen LogP contribution in [0.5, 0.6) is 5.75 Å². The summed E-state index contributed by atoms with van der Waals surface area (Å²) in [4.78, 5) is 0. The molecule has 1 heterocycles. The summed E-state index contributed by atoms with van der Waals surface area (Å²) in [6.45, 7) is 5.80. The fourth-order valence-electron chi connectivity index (χ4n) is 2.00. The zero-order valence-electron chi connectivity index (χ0n) is 10.6. The van der Waals surface area contributed by atoms with Gasteiger partial charge in [0.15, 0.2) is 0 Å². The van der Waals surface area contributed by atoms with Gasteiger partial charge in [-0.2, -0.15) is 0 Å². The summed E-state index contributed by atoms with van der Waals surface area (Å²) in [5.74, 6) is 0.939. The number of nitrogens with one attached hydrogen (secondary N) is 1. The minimum atomic E-state index is 0.202. The van der Waals surface area contributed by atoms with E-state index in [-0.39, 0.29) is 6.10 Å². The Morgan fingerprint density at radius 2 is 1.94 bits per heavy atom. The summed E-state index contributed by atoms with van der Waals surface area (Å²) in [7, 11) is 0. The molecule has 1 saturated heterocycles. The molecular formula is C14H21NO2.